The Kier molecular flexibility index (Phi) is 6.77. The molecule has 0 radical (unpaired) electrons. The Labute approximate surface area is 173 Å². The van der Waals surface area contributed by atoms with Gasteiger partial charge in [-0.25, -0.2) is 8.78 Å². The molecular formula is C20H11F11O. The quantitative estimate of drug-likeness (QED) is 0.326. The van der Waals surface area contributed by atoms with Crippen molar-refractivity contribution in [3.05, 3.63) is 76.1 Å². The van der Waals surface area contributed by atoms with Crippen molar-refractivity contribution < 1.29 is 53.1 Å². The summed E-state index contributed by atoms with van der Waals surface area (Å²) in [6, 6.07) is 1.62. The maximum atomic E-state index is 14.5. The first-order valence-corrected chi connectivity index (χ1v) is 8.46. The average molecular weight is 476 g/mol. The zero-order valence-corrected chi connectivity index (χ0v) is 15.7. The summed E-state index contributed by atoms with van der Waals surface area (Å²) in [6.07, 6.45) is -16.1. The van der Waals surface area contributed by atoms with Gasteiger partial charge in [-0.3, -0.25) is 4.79 Å². The van der Waals surface area contributed by atoms with E-state index in [2.05, 4.69) is 0 Å². The van der Waals surface area contributed by atoms with Crippen LogP contribution in [0.5, 0.6) is 0 Å². The van der Waals surface area contributed by atoms with Gasteiger partial charge in [-0.1, -0.05) is 18.2 Å². The highest BCUT2D eigenvalue weighted by molar-refractivity contribution is 5.96. The molecule has 12 heteroatoms. The van der Waals surface area contributed by atoms with Gasteiger partial charge in [0.05, 0.1) is 11.1 Å². The van der Waals surface area contributed by atoms with E-state index in [9.17, 15) is 53.1 Å². The minimum absolute atomic E-state index is 0.113. The highest BCUT2D eigenvalue weighted by Gasteiger charge is 2.42. The van der Waals surface area contributed by atoms with E-state index in [1.165, 1.54) is 0 Å². The van der Waals surface area contributed by atoms with Crippen molar-refractivity contribution in [3.8, 4) is 0 Å². The number of hydrogen-bond acceptors (Lipinski definition) is 1. The second-order valence-corrected chi connectivity index (χ2v) is 6.59. The molecule has 0 saturated carbocycles. The third-order valence-corrected chi connectivity index (χ3v) is 4.30. The summed E-state index contributed by atoms with van der Waals surface area (Å²) in [7, 11) is 0. The van der Waals surface area contributed by atoms with Crippen molar-refractivity contribution in [2.45, 2.75) is 31.4 Å². The third-order valence-electron chi connectivity index (χ3n) is 4.30. The molecule has 0 aromatic heterocycles. The van der Waals surface area contributed by atoms with Crippen LogP contribution < -0.4 is 0 Å². The smallest absolute Gasteiger partial charge is 0.294 e. The predicted octanol–water partition coefficient (Wildman–Crippen LogP) is 7.72. The maximum absolute atomic E-state index is 14.5. The first-order valence-electron chi connectivity index (χ1n) is 8.46. The largest absolute Gasteiger partial charge is 0.419 e. The van der Waals surface area contributed by atoms with E-state index in [4.69, 9.17) is 0 Å². The lowest BCUT2D eigenvalue weighted by Crippen LogP contribution is -2.20. The van der Waals surface area contributed by atoms with E-state index in [0.29, 0.717) is 18.2 Å². The molecule has 0 N–H and O–H groups in total. The van der Waals surface area contributed by atoms with Crippen molar-refractivity contribution in [2.24, 2.45) is 0 Å². The van der Waals surface area contributed by atoms with Gasteiger partial charge in [0.2, 0.25) is 0 Å². The van der Waals surface area contributed by atoms with Gasteiger partial charge in [0.15, 0.2) is 5.78 Å². The number of alkyl halides is 9. The summed E-state index contributed by atoms with van der Waals surface area (Å²) in [5.41, 5.74) is -6.65. The molecule has 0 heterocycles. The zero-order valence-electron chi connectivity index (χ0n) is 15.7. The Balaban J connectivity index is 2.64. The molecule has 0 saturated heterocycles. The van der Waals surface area contributed by atoms with Crippen LogP contribution in [-0.4, -0.2) is 12.0 Å². The van der Waals surface area contributed by atoms with Crippen LogP contribution in [0.2, 0.25) is 0 Å². The Bertz CT molecular complexity index is 1040. The molecule has 0 aliphatic carbocycles. The molecule has 0 spiro atoms. The molecule has 1 unspecified atom stereocenters. The highest BCUT2D eigenvalue weighted by Crippen LogP contribution is 2.41. The molecule has 0 aliphatic heterocycles. The highest BCUT2D eigenvalue weighted by atomic mass is 19.4. The fourth-order valence-electron chi connectivity index (χ4n) is 2.81. The second kappa shape index (κ2) is 8.55. The van der Waals surface area contributed by atoms with Crippen molar-refractivity contribution >= 4 is 11.6 Å². The number of carbonyl (C=O) groups excluding carboxylic acids is 1. The van der Waals surface area contributed by atoms with Crippen LogP contribution in [0.25, 0.3) is 5.83 Å². The molecule has 2 aromatic carbocycles. The molecule has 0 fully saturated rings. The summed E-state index contributed by atoms with van der Waals surface area (Å²) >= 11 is 0. The lowest BCUT2D eigenvalue weighted by Gasteiger charge is -2.19. The summed E-state index contributed by atoms with van der Waals surface area (Å²) in [5.74, 6) is -7.77. The lowest BCUT2D eigenvalue weighted by atomic mass is 9.93. The van der Waals surface area contributed by atoms with Crippen LogP contribution in [0.3, 0.4) is 0 Å². The number of halogens is 11. The Morgan fingerprint density at radius 2 is 1.41 bits per heavy atom. The van der Waals surface area contributed by atoms with Crippen LogP contribution >= 0.6 is 0 Å². The van der Waals surface area contributed by atoms with Gasteiger partial charge in [-0.2, -0.15) is 39.5 Å². The SMILES string of the molecule is CC(=O)c1ccc(/C(F)=C/C(c2ccc(F)c(C(F)(F)F)c2)C(F)(F)F)cc1C(F)(F)F. The molecular weight excluding hydrogens is 465 g/mol. The number of ketones is 1. The van der Waals surface area contributed by atoms with Crippen LogP contribution in [-0.2, 0) is 12.4 Å². The van der Waals surface area contributed by atoms with Crippen LogP contribution in [0.4, 0.5) is 48.3 Å². The molecule has 1 nitrogen and oxygen atoms in total. The van der Waals surface area contributed by atoms with E-state index in [1.54, 1.807) is 0 Å². The van der Waals surface area contributed by atoms with Crippen LogP contribution in [0.15, 0.2) is 42.5 Å². The van der Waals surface area contributed by atoms with E-state index < -0.39 is 69.7 Å². The molecule has 32 heavy (non-hydrogen) atoms. The van der Waals surface area contributed by atoms with Crippen LogP contribution in [0, 0.1) is 5.82 Å². The standard InChI is InChI=1S/C20H11F11O/c1-9(32)12-4-2-11(7-14(12)19(26,27)28)17(22)8-13(18(23,24)25)10-3-5-16(21)15(6-10)20(29,30)31/h2-8,13H,1H3/b17-8-. The van der Waals surface area contributed by atoms with Gasteiger partial charge in [-0.15, -0.1) is 0 Å². The van der Waals surface area contributed by atoms with E-state index in [-0.39, 0.29) is 24.3 Å². The molecule has 0 amide bonds. The van der Waals surface area contributed by atoms with Gasteiger partial charge in [0.1, 0.15) is 17.6 Å². The van der Waals surface area contributed by atoms with E-state index in [0.717, 1.165) is 6.92 Å². The fraction of sp³-hybridized carbons (Fsp3) is 0.250. The number of hydrogen-bond donors (Lipinski definition) is 0. The van der Waals surface area contributed by atoms with Gasteiger partial charge < -0.3 is 0 Å². The average Bonchev–Trinajstić information content (AvgIpc) is 2.63. The normalized spacial score (nSPS) is 14.4. The molecule has 0 aliphatic rings. The molecule has 0 bridgehead atoms. The van der Waals surface area contributed by atoms with Crippen molar-refractivity contribution in [3.63, 3.8) is 0 Å². The Morgan fingerprint density at radius 3 is 1.88 bits per heavy atom. The van der Waals surface area contributed by atoms with Gasteiger partial charge in [-0.05, 0) is 36.8 Å². The Morgan fingerprint density at radius 1 is 0.844 bits per heavy atom. The minimum Gasteiger partial charge on any atom is -0.294 e. The number of Topliss-reactive ketones (excluding diaryl/α,β-unsaturated/α-hetero) is 1. The maximum Gasteiger partial charge on any atom is 0.419 e. The predicted molar refractivity (Wildman–Crippen MR) is 90.7 cm³/mol. The Hall–Kier alpha value is -2.92. The molecule has 1 atom stereocenters. The van der Waals surface area contributed by atoms with Crippen molar-refractivity contribution in [1.29, 1.82) is 0 Å². The molecule has 2 aromatic rings. The zero-order chi connectivity index (χ0) is 24.6. The molecule has 174 valence electrons. The first-order chi connectivity index (χ1) is 14.4. The number of carbonyl (C=O) groups is 1. The number of benzene rings is 2. The third kappa shape index (κ3) is 5.65. The van der Waals surface area contributed by atoms with E-state index in [1.807, 2.05) is 0 Å². The van der Waals surface area contributed by atoms with Gasteiger partial charge >= 0.3 is 18.5 Å². The van der Waals surface area contributed by atoms with Gasteiger partial charge in [0.25, 0.3) is 0 Å². The minimum atomic E-state index is -5.37. The summed E-state index contributed by atoms with van der Waals surface area (Å²) in [6.45, 7) is 0.795. The van der Waals surface area contributed by atoms with E-state index >= 15 is 0 Å². The molecule has 2 rings (SSSR count). The summed E-state index contributed by atoms with van der Waals surface area (Å²) in [4.78, 5) is 11.3. The monoisotopic (exact) mass is 476 g/mol. The number of allylic oxidation sites excluding steroid dienone is 1. The topological polar surface area (TPSA) is 17.1 Å². The second-order valence-electron chi connectivity index (χ2n) is 6.59. The van der Waals surface area contributed by atoms with Crippen molar-refractivity contribution in [1.82, 2.24) is 0 Å². The number of rotatable bonds is 4. The summed E-state index contributed by atoms with van der Waals surface area (Å²) in [5, 5.41) is 0. The van der Waals surface area contributed by atoms with Crippen LogP contribution in [0.1, 0.15) is 45.5 Å². The fourth-order valence-corrected chi connectivity index (χ4v) is 2.81. The lowest BCUT2D eigenvalue weighted by molar-refractivity contribution is -0.143. The van der Waals surface area contributed by atoms with Gasteiger partial charge in [0, 0.05) is 11.1 Å². The summed E-state index contributed by atoms with van der Waals surface area (Å²) < 4.78 is 146. The first kappa shape index (κ1) is 25.3. The van der Waals surface area contributed by atoms with Crippen molar-refractivity contribution in [2.75, 3.05) is 0 Å².